The van der Waals surface area contributed by atoms with E-state index < -0.39 is 35.1 Å². The third-order valence-electron chi connectivity index (χ3n) is 10.5. The van der Waals surface area contributed by atoms with E-state index in [-0.39, 0.29) is 24.1 Å². The minimum Gasteiger partial charge on any atom is -0.378 e. The van der Waals surface area contributed by atoms with Gasteiger partial charge in [0.25, 0.3) is 0 Å². The lowest BCUT2D eigenvalue weighted by Crippen LogP contribution is -2.37. The Balaban J connectivity index is 0.000000204. The summed E-state index contributed by atoms with van der Waals surface area (Å²) >= 11 is 0. The summed E-state index contributed by atoms with van der Waals surface area (Å²) in [6.45, 7) is 8.12. The van der Waals surface area contributed by atoms with Crippen LogP contribution < -0.4 is 25.9 Å². The monoisotopic (exact) mass is 962 g/mol. The summed E-state index contributed by atoms with van der Waals surface area (Å²) in [5, 5.41) is 10.0. The van der Waals surface area contributed by atoms with Crippen LogP contribution in [0.3, 0.4) is 0 Å². The second-order valence-corrected chi connectivity index (χ2v) is 15.4. The number of hydrazone groups is 1. The molecule has 2 aliphatic heterocycles. The number of alkyl halides is 6. The number of ether oxygens (including phenoxy) is 2. The molecule has 8 rings (SSSR count). The molecule has 0 radical (unpaired) electrons. The van der Waals surface area contributed by atoms with Crippen molar-refractivity contribution in [2.45, 2.75) is 39.2 Å². The Morgan fingerprint density at radius 2 is 1.25 bits per heavy atom. The Hall–Kier alpha value is -7.33. The van der Waals surface area contributed by atoms with E-state index in [0.717, 1.165) is 47.8 Å². The van der Waals surface area contributed by atoms with Gasteiger partial charge in [0.05, 0.1) is 79.8 Å². The summed E-state index contributed by atoms with van der Waals surface area (Å²) < 4.78 is 117. The highest BCUT2D eigenvalue weighted by atomic mass is 19.4. The second kappa shape index (κ2) is 22.6. The number of hydrogen-bond donors (Lipinski definition) is 3. The zero-order valence-corrected chi connectivity index (χ0v) is 37.3. The van der Waals surface area contributed by atoms with Crippen molar-refractivity contribution in [3.63, 3.8) is 0 Å². The summed E-state index contributed by atoms with van der Waals surface area (Å²) in [4.78, 5) is 28.9. The number of morpholine rings is 2. The molecule has 2 saturated heterocycles. The van der Waals surface area contributed by atoms with Crippen molar-refractivity contribution in [2.24, 2.45) is 10.1 Å². The lowest BCUT2D eigenvalue weighted by atomic mass is 10.0. The number of aliphatic imine (C=N–C) groups is 1. The van der Waals surface area contributed by atoms with Crippen LogP contribution in [0.1, 0.15) is 46.4 Å². The van der Waals surface area contributed by atoms with Crippen LogP contribution in [0.2, 0.25) is 0 Å². The zero-order chi connectivity index (χ0) is 49.0. The molecule has 362 valence electrons. The topological polar surface area (TPSA) is 150 Å². The highest BCUT2D eigenvalue weighted by molar-refractivity contribution is 5.83. The van der Waals surface area contributed by atoms with Gasteiger partial charge in [-0.05, 0) is 85.1 Å². The lowest BCUT2D eigenvalue weighted by molar-refractivity contribution is -0.138. The average molecular weight is 963 g/mol. The van der Waals surface area contributed by atoms with Crippen LogP contribution in [0.25, 0.3) is 0 Å². The van der Waals surface area contributed by atoms with Gasteiger partial charge in [-0.1, -0.05) is 25.1 Å². The van der Waals surface area contributed by atoms with Crippen molar-refractivity contribution >= 4 is 52.8 Å². The molecule has 6 aromatic rings. The van der Waals surface area contributed by atoms with Crippen molar-refractivity contribution in [3.05, 3.63) is 142 Å². The van der Waals surface area contributed by atoms with E-state index in [0.29, 0.717) is 99.0 Å². The van der Waals surface area contributed by atoms with Gasteiger partial charge in [-0.2, -0.15) is 36.4 Å². The van der Waals surface area contributed by atoms with Crippen molar-refractivity contribution in [2.75, 3.05) is 78.5 Å². The fourth-order valence-electron chi connectivity index (χ4n) is 7.03. The first-order chi connectivity index (χ1) is 33.1. The first-order valence-corrected chi connectivity index (χ1v) is 21.6. The fraction of sp³-hybridized carbons (Fsp3) is 0.298. The van der Waals surface area contributed by atoms with Gasteiger partial charge in [0, 0.05) is 49.5 Å². The lowest BCUT2D eigenvalue weighted by Gasteiger charge is -2.28. The number of anilines is 7. The zero-order valence-electron chi connectivity index (χ0n) is 37.3. The van der Waals surface area contributed by atoms with Crippen molar-refractivity contribution < 1.29 is 44.6 Å². The number of pyridine rings is 1. The summed E-state index contributed by atoms with van der Waals surface area (Å²) in [7, 11) is 0. The molecule has 0 aliphatic carbocycles. The van der Waals surface area contributed by atoms with E-state index in [9.17, 15) is 35.1 Å². The predicted molar refractivity (Wildman–Crippen MR) is 247 cm³/mol. The minimum absolute atomic E-state index is 0.124. The van der Waals surface area contributed by atoms with Crippen LogP contribution in [0.5, 0.6) is 0 Å². The van der Waals surface area contributed by atoms with E-state index in [1.807, 2.05) is 24.0 Å². The normalized spacial score (nSPS) is 14.5. The molecule has 0 amide bonds. The quantitative estimate of drug-likeness (QED) is 0.0575. The molecule has 3 aromatic carbocycles. The van der Waals surface area contributed by atoms with Crippen LogP contribution in [-0.2, 0) is 34.8 Å². The third kappa shape index (κ3) is 13.9. The van der Waals surface area contributed by atoms with E-state index in [2.05, 4.69) is 51.1 Å². The van der Waals surface area contributed by atoms with Gasteiger partial charge < -0.3 is 29.9 Å². The molecule has 3 aromatic heterocycles. The maximum atomic E-state index is 14.2. The van der Waals surface area contributed by atoms with Crippen LogP contribution in [-0.4, -0.2) is 90.0 Å². The van der Waals surface area contributed by atoms with Crippen LogP contribution >= 0.6 is 0 Å². The molecule has 69 heavy (non-hydrogen) atoms. The van der Waals surface area contributed by atoms with E-state index in [4.69, 9.17) is 9.47 Å². The molecule has 2 fully saturated rings. The number of aromatic nitrogens is 5. The molecule has 2 aliphatic rings. The van der Waals surface area contributed by atoms with Gasteiger partial charge in [-0.25, -0.2) is 34.1 Å². The molecular weight excluding hydrogens is 917 g/mol. The summed E-state index contributed by atoms with van der Waals surface area (Å²) in [5.41, 5.74) is 6.00. The van der Waals surface area contributed by atoms with Gasteiger partial charge in [-0.15, -0.1) is 0 Å². The minimum atomic E-state index is -4.42. The van der Waals surface area contributed by atoms with Crippen LogP contribution in [0, 0.1) is 18.6 Å². The SMILES string of the molecule is CCc1cc(Nc2cccc(C(F)(F)F)c2)ccc1C=NCc1ncc(F)c(N2CCOCC2)n1.Cc1nc(/C=N\Nc2ncc(F)c(N3CCOCC3)n2)ccc1Nc1cccc(C(F)(F)F)c1. The Bertz CT molecular complexity index is 2740. The Morgan fingerprint density at radius 1 is 0.667 bits per heavy atom. The number of rotatable bonds is 13. The summed E-state index contributed by atoms with van der Waals surface area (Å²) in [6, 6.07) is 18.9. The number of nitrogens with one attached hydrogen (secondary N) is 3. The van der Waals surface area contributed by atoms with Crippen molar-refractivity contribution in [3.8, 4) is 0 Å². The maximum absolute atomic E-state index is 14.2. The largest absolute Gasteiger partial charge is 0.416 e. The number of hydrogen-bond acceptors (Lipinski definition) is 14. The number of aryl methyl sites for hydroxylation is 2. The van der Waals surface area contributed by atoms with Gasteiger partial charge in [0.2, 0.25) is 5.95 Å². The fourth-order valence-corrected chi connectivity index (χ4v) is 7.03. The Kier molecular flexibility index (Phi) is 16.3. The maximum Gasteiger partial charge on any atom is 0.416 e. The van der Waals surface area contributed by atoms with Gasteiger partial charge >= 0.3 is 12.4 Å². The smallest absolute Gasteiger partial charge is 0.378 e. The van der Waals surface area contributed by atoms with E-state index in [1.165, 1.54) is 18.3 Å². The standard InChI is InChI=1S/C25H25F4N5O.C22H21F4N7O/c1-2-17-12-21(32-20-5-3-4-19(13-20)25(27,28)29)7-6-18(17)14-30-16-23-31-15-22(26)24(33-23)34-8-10-35-11-9-34;1-14-19(30-16-4-2-3-15(11-16)22(24,25)26)6-5-17(29-14)12-28-32-21-27-13-18(23)20(31-21)33-7-9-34-10-8-33/h3-7,12-15,32H,2,8-11,16H2,1H3;2-6,11-13,30H,7-10H2,1H3,(H,27,31,32)/b;28-12-. The Morgan fingerprint density at radius 3 is 1.84 bits per heavy atom. The molecular formula is C47H46F8N12O2. The molecule has 5 heterocycles. The summed E-state index contributed by atoms with van der Waals surface area (Å²) in [6.07, 6.45) is -2.75. The molecule has 0 spiro atoms. The van der Waals surface area contributed by atoms with Crippen LogP contribution in [0.15, 0.2) is 101 Å². The predicted octanol–water partition coefficient (Wildman–Crippen LogP) is 9.76. The first kappa shape index (κ1) is 49.6. The van der Waals surface area contributed by atoms with E-state index >= 15 is 0 Å². The molecule has 0 atom stereocenters. The molecule has 0 saturated carbocycles. The van der Waals surface area contributed by atoms with Gasteiger partial charge in [0.1, 0.15) is 0 Å². The van der Waals surface area contributed by atoms with Gasteiger partial charge in [0.15, 0.2) is 29.1 Å². The number of halogens is 8. The molecule has 0 unspecified atom stereocenters. The second-order valence-electron chi connectivity index (χ2n) is 15.4. The first-order valence-electron chi connectivity index (χ1n) is 21.6. The summed E-state index contributed by atoms with van der Waals surface area (Å²) in [5.74, 6) is -0.0409. The van der Waals surface area contributed by atoms with Crippen molar-refractivity contribution in [1.29, 1.82) is 0 Å². The van der Waals surface area contributed by atoms with Gasteiger partial charge in [-0.3, -0.25) is 4.99 Å². The van der Waals surface area contributed by atoms with E-state index in [1.54, 1.807) is 48.4 Å². The highest BCUT2D eigenvalue weighted by Gasteiger charge is 2.31. The molecule has 3 N–H and O–H groups in total. The molecule has 0 bridgehead atoms. The highest BCUT2D eigenvalue weighted by Crippen LogP contribution is 2.33. The Labute approximate surface area is 391 Å². The van der Waals surface area contributed by atoms with Crippen molar-refractivity contribution in [1.82, 2.24) is 24.9 Å². The van der Waals surface area contributed by atoms with Crippen LogP contribution in [0.4, 0.5) is 75.5 Å². The molecule has 14 nitrogen and oxygen atoms in total. The number of nitrogens with zero attached hydrogens (tertiary/aromatic N) is 9. The average Bonchev–Trinajstić information content (AvgIpc) is 3.34. The molecule has 22 heteroatoms. The third-order valence-corrected chi connectivity index (χ3v) is 10.5. The number of benzene rings is 3.